The molecular weight excluding hydrogens is 142 g/mol. The van der Waals surface area contributed by atoms with Crippen LogP contribution < -0.4 is 11.3 Å². The number of rotatable bonds is 1. The van der Waals surface area contributed by atoms with E-state index in [2.05, 4.69) is 10.2 Å². The van der Waals surface area contributed by atoms with Crippen molar-refractivity contribution >= 4 is 5.82 Å². The highest BCUT2D eigenvalue weighted by molar-refractivity contribution is 5.30. The van der Waals surface area contributed by atoms with Crippen LogP contribution in [0.15, 0.2) is 10.9 Å². The lowest BCUT2D eigenvalue weighted by molar-refractivity contribution is 0.823. The molecule has 0 atom stereocenters. The van der Waals surface area contributed by atoms with Crippen molar-refractivity contribution in [2.45, 2.75) is 19.8 Å². The lowest BCUT2D eigenvalue weighted by atomic mass is 10.1. The predicted molar refractivity (Wildman–Crippen MR) is 43.4 cm³/mol. The number of nitrogens with zero attached hydrogens (tertiary/aromatic N) is 1. The molecule has 0 aliphatic heterocycles. The van der Waals surface area contributed by atoms with Gasteiger partial charge < -0.3 is 5.73 Å². The number of aromatic nitrogens is 2. The minimum atomic E-state index is -0.158. The van der Waals surface area contributed by atoms with Crippen molar-refractivity contribution in [3.63, 3.8) is 0 Å². The molecule has 0 aliphatic carbocycles. The minimum absolute atomic E-state index is 0.158. The maximum absolute atomic E-state index is 11.0. The third-order valence-corrected chi connectivity index (χ3v) is 1.47. The summed E-state index contributed by atoms with van der Waals surface area (Å²) in [5, 5.41) is 5.88. The Hall–Kier alpha value is -1.32. The van der Waals surface area contributed by atoms with Crippen molar-refractivity contribution in [3.05, 3.63) is 22.0 Å². The topological polar surface area (TPSA) is 71.8 Å². The Morgan fingerprint density at radius 2 is 2.27 bits per heavy atom. The summed E-state index contributed by atoms with van der Waals surface area (Å²) in [4.78, 5) is 11.0. The standard InChI is InChI=1S/C7H11N3O/c1-4(2)5-3-6(8)9-10-7(5)11/h3-4H,1-2H3,(H2,8,9)(H,10,11). The van der Waals surface area contributed by atoms with E-state index in [0.29, 0.717) is 11.4 Å². The smallest absolute Gasteiger partial charge is 0.267 e. The quantitative estimate of drug-likeness (QED) is 0.616. The Labute approximate surface area is 64.4 Å². The average Bonchev–Trinajstić information content (AvgIpc) is 1.94. The van der Waals surface area contributed by atoms with Crippen LogP contribution in [0.4, 0.5) is 5.82 Å². The normalized spacial score (nSPS) is 10.5. The summed E-state index contributed by atoms with van der Waals surface area (Å²) in [7, 11) is 0. The van der Waals surface area contributed by atoms with Gasteiger partial charge in [0.2, 0.25) is 0 Å². The van der Waals surface area contributed by atoms with Crippen LogP contribution in [0.25, 0.3) is 0 Å². The number of nitrogens with one attached hydrogen (secondary N) is 1. The SMILES string of the molecule is CC(C)c1cc(N)n[nH]c1=O. The summed E-state index contributed by atoms with van der Waals surface area (Å²) in [6.07, 6.45) is 0. The first-order chi connectivity index (χ1) is 5.11. The number of nitrogens with two attached hydrogens (primary N) is 1. The Morgan fingerprint density at radius 1 is 1.64 bits per heavy atom. The highest BCUT2D eigenvalue weighted by Crippen LogP contribution is 2.09. The molecule has 0 fully saturated rings. The third-order valence-electron chi connectivity index (χ3n) is 1.47. The number of aromatic amines is 1. The van der Waals surface area contributed by atoms with Crippen LogP contribution in [0.1, 0.15) is 25.3 Å². The van der Waals surface area contributed by atoms with Crippen molar-refractivity contribution in [2.24, 2.45) is 0 Å². The van der Waals surface area contributed by atoms with E-state index in [-0.39, 0.29) is 11.5 Å². The van der Waals surface area contributed by atoms with E-state index in [1.165, 1.54) is 0 Å². The van der Waals surface area contributed by atoms with E-state index in [4.69, 9.17) is 5.73 Å². The molecule has 0 aromatic carbocycles. The van der Waals surface area contributed by atoms with E-state index in [9.17, 15) is 4.79 Å². The van der Waals surface area contributed by atoms with Gasteiger partial charge in [-0.3, -0.25) is 4.79 Å². The molecule has 0 amide bonds. The fourth-order valence-corrected chi connectivity index (χ4v) is 0.866. The average molecular weight is 153 g/mol. The zero-order valence-electron chi connectivity index (χ0n) is 6.59. The highest BCUT2D eigenvalue weighted by atomic mass is 16.1. The summed E-state index contributed by atoms with van der Waals surface area (Å²) < 4.78 is 0. The zero-order valence-corrected chi connectivity index (χ0v) is 6.59. The first-order valence-electron chi connectivity index (χ1n) is 3.46. The maximum atomic E-state index is 11.0. The second kappa shape index (κ2) is 2.74. The van der Waals surface area contributed by atoms with Crippen molar-refractivity contribution < 1.29 is 0 Å². The molecule has 1 aromatic rings. The van der Waals surface area contributed by atoms with Gasteiger partial charge in [0.05, 0.1) is 0 Å². The molecule has 0 radical (unpaired) electrons. The van der Waals surface area contributed by atoms with Gasteiger partial charge in [0.1, 0.15) is 5.82 Å². The van der Waals surface area contributed by atoms with Crippen LogP contribution in [-0.4, -0.2) is 10.2 Å². The molecule has 0 bridgehead atoms. The van der Waals surface area contributed by atoms with E-state index in [1.54, 1.807) is 6.07 Å². The van der Waals surface area contributed by atoms with Crippen LogP contribution in [0.3, 0.4) is 0 Å². The van der Waals surface area contributed by atoms with Gasteiger partial charge in [-0.2, -0.15) is 5.10 Å². The summed E-state index contributed by atoms with van der Waals surface area (Å²) in [6, 6.07) is 1.60. The van der Waals surface area contributed by atoms with Crippen molar-refractivity contribution in [1.29, 1.82) is 0 Å². The van der Waals surface area contributed by atoms with Gasteiger partial charge in [0.15, 0.2) is 0 Å². The van der Waals surface area contributed by atoms with Crippen molar-refractivity contribution in [3.8, 4) is 0 Å². The second-order valence-electron chi connectivity index (χ2n) is 2.73. The van der Waals surface area contributed by atoms with E-state index in [0.717, 1.165) is 0 Å². The molecule has 60 valence electrons. The van der Waals surface area contributed by atoms with Gasteiger partial charge in [0.25, 0.3) is 5.56 Å². The molecule has 0 aliphatic rings. The number of anilines is 1. The number of hydrogen-bond donors (Lipinski definition) is 2. The fourth-order valence-electron chi connectivity index (χ4n) is 0.866. The second-order valence-corrected chi connectivity index (χ2v) is 2.73. The van der Waals surface area contributed by atoms with Crippen LogP contribution in [0.5, 0.6) is 0 Å². The van der Waals surface area contributed by atoms with Gasteiger partial charge >= 0.3 is 0 Å². The van der Waals surface area contributed by atoms with Gasteiger partial charge in [-0.25, -0.2) is 5.10 Å². The molecule has 4 nitrogen and oxygen atoms in total. The Kier molecular flexibility index (Phi) is 1.94. The molecule has 4 heteroatoms. The fraction of sp³-hybridized carbons (Fsp3) is 0.429. The molecule has 1 rings (SSSR count). The molecule has 0 saturated heterocycles. The first kappa shape index (κ1) is 7.78. The van der Waals surface area contributed by atoms with Gasteiger partial charge in [-0.1, -0.05) is 13.8 Å². The maximum Gasteiger partial charge on any atom is 0.267 e. The summed E-state index contributed by atoms with van der Waals surface area (Å²) in [6.45, 7) is 3.87. The number of nitrogen functional groups attached to an aromatic ring is 1. The molecule has 0 spiro atoms. The first-order valence-corrected chi connectivity index (χ1v) is 3.46. The molecule has 1 heterocycles. The molecule has 0 saturated carbocycles. The molecule has 1 aromatic heterocycles. The third kappa shape index (κ3) is 1.58. The summed E-state index contributed by atoms with van der Waals surface area (Å²) >= 11 is 0. The van der Waals surface area contributed by atoms with E-state index in [1.807, 2.05) is 13.8 Å². The van der Waals surface area contributed by atoms with Crippen molar-refractivity contribution in [2.75, 3.05) is 5.73 Å². The van der Waals surface area contributed by atoms with Gasteiger partial charge in [-0.05, 0) is 12.0 Å². The Morgan fingerprint density at radius 3 is 2.73 bits per heavy atom. The minimum Gasteiger partial charge on any atom is -0.382 e. The highest BCUT2D eigenvalue weighted by Gasteiger charge is 2.04. The van der Waals surface area contributed by atoms with E-state index >= 15 is 0 Å². The van der Waals surface area contributed by atoms with Crippen LogP contribution in [-0.2, 0) is 0 Å². The van der Waals surface area contributed by atoms with Crippen molar-refractivity contribution in [1.82, 2.24) is 10.2 Å². The summed E-state index contributed by atoms with van der Waals surface area (Å²) in [5.74, 6) is 0.539. The largest absolute Gasteiger partial charge is 0.382 e. The molecule has 11 heavy (non-hydrogen) atoms. The molecule has 3 N–H and O–H groups in total. The van der Waals surface area contributed by atoms with Crippen LogP contribution >= 0.6 is 0 Å². The van der Waals surface area contributed by atoms with E-state index < -0.39 is 0 Å². The molecule has 0 unspecified atom stereocenters. The Balaban J connectivity index is 3.24. The summed E-state index contributed by atoms with van der Waals surface area (Å²) in [5.41, 5.74) is 5.90. The predicted octanol–water partition coefficient (Wildman–Crippen LogP) is 0.476. The van der Waals surface area contributed by atoms with Crippen LogP contribution in [0, 0.1) is 0 Å². The lowest BCUT2D eigenvalue weighted by Crippen LogP contribution is -2.16. The molecular formula is C7H11N3O. The Bertz CT molecular complexity index is 303. The monoisotopic (exact) mass is 153 g/mol. The number of hydrogen-bond acceptors (Lipinski definition) is 3. The lowest BCUT2D eigenvalue weighted by Gasteiger charge is -2.02. The van der Waals surface area contributed by atoms with Gasteiger partial charge in [0, 0.05) is 5.56 Å². The number of H-pyrrole nitrogens is 1. The van der Waals surface area contributed by atoms with Crippen LogP contribution in [0.2, 0.25) is 0 Å². The van der Waals surface area contributed by atoms with Gasteiger partial charge in [-0.15, -0.1) is 0 Å². The zero-order chi connectivity index (χ0) is 8.43.